The molecule has 2 aliphatic heterocycles. The fourth-order valence-corrected chi connectivity index (χ4v) is 4.41. The van der Waals surface area contributed by atoms with E-state index in [1.54, 1.807) is 9.80 Å². The third kappa shape index (κ3) is 5.96. The zero-order valence-electron chi connectivity index (χ0n) is 19.2. The maximum absolute atomic E-state index is 12.9. The Hall–Kier alpha value is -2.89. The van der Waals surface area contributed by atoms with Gasteiger partial charge in [0, 0.05) is 32.2 Å². The Balaban J connectivity index is 1.59. The topological polar surface area (TPSA) is 102 Å². The molecule has 3 unspecified atom stereocenters. The molecule has 1 aromatic rings. The molecule has 188 valence electrons. The average molecular weight is 487 g/mol. The summed E-state index contributed by atoms with van der Waals surface area (Å²) in [7, 11) is 0. The van der Waals surface area contributed by atoms with Gasteiger partial charge in [0.15, 0.2) is 6.10 Å². The van der Waals surface area contributed by atoms with Crippen molar-refractivity contribution in [2.24, 2.45) is 5.92 Å². The van der Waals surface area contributed by atoms with Crippen LogP contribution >= 0.6 is 0 Å². The molecule has 0 saturated carbocycles. The SMILES string of the molecule is CC1CN(C(=O)C(C)OC(=O)C2CCN(c3ccc(C(F)(F)F)cc3[N+](=O)[O-])CC2)CC(C)O1. The maximum atomic E-state index is 12.9. The minimum absolute atomic E-state index is 0.0731. The van der Waals surface area contributed by atoms with Crippen LogP contribution < -0.4 is 4.90 Å². The molecule has 3 atom stereocenters. The zero-order valence-corrected chi connectivity index (χ0v) is 19.2. The second kappa shape index (κ2) is 10.2. The van der Waals surface area contributed by atoms with Gasteiger partial charge in [-0.25, -0.2) is 0 Å². The van der Waals surface area contributed by atoms with Crippen molar-refractivity contribution in [3.8, 4) is 0 Å². The summed E-state index contributed by atoms with van der Waals surface area (Å²) in [5, 5.41) is 11.4. The monoisotopic (exact) mass is 487 g/mol. The molecule has 2 aliphatic rings. The van der Waals surface area contributed by atoms with Crippen molar-refractivity contribution in [2.45, 2.75) is 58.1 Å². The number of alkyl halides is 3. The van der Waals surface area contributed by atoms with Gasteiger partial charge >= 0.3 is 12.1 Å². The van der Waals surface area contributed by atoms with Gasteiger partial charge < -0.3 is 19.3 Å². The van der Waals surface area contributed by atoms with E-state index >= 15 is 0 Å². The molecule has 34 heavy (non-hydrogen) atoms. The number of morpholine rings is 1. The zero-order chi connectivity index (χ0) is 25.2. The lowest BCUT2D eigenvalue weighted by atomic mass is 9.96. The highest BCUT2D eigenvalue weighted by atomic mass is 19.4. The summed E-state index contributed by atoms with van der Waals surface area (Å²) in [5.41, 5.74) is -1.66. The Bertz CT molecular complexity index is 923. The van der Waals surface area contributed by atoms with Gasteiger partial charge in [-0.2, -0.15) is 13.2 Å². The van der Waals surface area contributed by atoms with Gasteiger partial charge in [-0.1, -0.05) is 0 Å². The number of carbonyl (C=O) groups excluding carboxylic acids is 2. The lowest BCUT2D eigenvalue weighted by Crippen LogP contribution is -2.51. The number of anilines is 1. The van der Waals surface area contributed by atoms with Crippen LogP contribution in [0.1, 0.15) is 39.2 Å². The number of rotatable bonds is 5. The predicted molar refractivity (Wildman–Crippen MR) is 115 cm³/mol. The summed E-state index contributed by atoms with van der Waals surface area (Å²) in [6.07, 6.45) is -5.29. The lowest BCUT2D eigenvalue weighted by molar-refractivity contribution is -0.384. The molecular formula is C22H28F3N3O6. The molecular weight excluding hydrogens is 459 g/mol. The molecule has 1 aromatic carbocycles. The van der Waals surface area contributed by atoms with Crippen LogP contribution in [0, 0.1) is 16.0 Å². The van der Waals surface area contributed by atoms with Crippen LogP contribution in [0.2, 0.25) is 0 Å². The van der Waals surface area contributed by atoms with Gasteiger partial charge in [-0.3, -0.25) is 19.7 Å². The number of carbonyl (C=O) groups is 2. The first-order chi connectivity index (χ1) is 15.9. The smallest absolute Gasteiger partial charge is 0.416 e. The number of benzene rings is 1. The van der Waals surface area contributed by atoms with Crippen molar-refractivity contribution in [1.29, 1.82) is 0 Å². The van der Waals surface area contributed by atoms with Crippen molar-refractivity contribution < 1.29 is 37.2 Å². The van der Waals surface area contributed by atoms with Gasteiger partial charge in [0.1, 0.15) is 5.69 Å². The van der Waals surface area contributed by atoms with Gasteiger partial charge in [-0.05, 0) is 45.7 Å². The Morgan fingerprint density at radius 1 is 1.18 bits per heavy atom. The standard InChI is InChI=1S/C22H28F3N3O6/c1-13-11-27(12-14(2)33-13)20(29)15(3)34-21(30)16-6-8-26(9-7-16)18-5-4-17(22(23,24)25)10-19(18)28(31)32/h4-5,10,13-16H,6-9,11-12H2,1-3H3. The van der Waals surface area contributed by atoms with Crippen molar-refractivity contribution in [2.75, 3.05) is 31.1 Å². The summed E-state index contributed by atoms with van der Waals surface area (Å²) in [4.78, 5) is 39.0. The van der Waals surface area contributed by atoms with Crippen LogP contribution in [-0.4, -0.2) is 66.2 Å². The number of halogens is 3. The molecule has 0 N–H and O–H groups in total. The fourth-order valence-electron chi connectivity index (χ4n) is 4.41. The highest BCUT2D eigenvalue weighted by molar-refractivity contribution is 5.84. The normalized spacial score (nSPS) is 22.9. The van der Waals surface area contributed by atoms with E-state index in [1.807, 2.05) is 13.8 Å². The third-order valence-corrected chi connectivity index (χ3v) is 6.04. The number of nitrogens with zero attached hydrogens (tertiary/aromatic N) is 3. The van der Waals surface area contributed by atoms with E-state index in [-0.39, 0.29) is 36.9 Å². The minimum atomic E-state index is -4.69. The van der Waals surface area contributed by atoms with Crippen LogP contribution in [0.5, 0.6) is 0 Å². The molecule has 0 aromatic heterocycles. The van der Waals surface area contributed by atoms with Crippen LogP contribution in [-0.2, 0) is 25.2 Å². The van der Waals surface area contributed by atoms with E-state index in [0.717, 1.165) is 12.1 Å². The fraction of sp³-hybridized carbons (Fsp3) is 0.636. The summed E-state index contributed by atoms with van der Waals surface area (Å²) in [5.74, 6) is -1.34. The van der Waals surface area contributed by atoms with Crippen LogP contribution in [0.3, 0.4) is 0 Å². The average Bonchev–Trinajstić information content (AvgIpc) is 2.76. The van der Waals surface area contributed by atoms with Gasteiger partial charge in [-0.15, -0.1) is 0 Å². The first kappa shape index (κ1) is 25.7. The molecule has 2 heterocycles. The second-order valence-corrected chi connectivity index (χ2v) is 8.80. The van der Waals surface area contributed by atoms with E-state index in [4.69, 9.17) is 9.47 Å². The molecule has 2 fully saturated rings. The number of nitro benzene ring substituents is 1. The van der Waals surface area contributed by atoms with E-state index in [9.17, 15) is 32.9 Å². The first-order valence-corrected chi connectivity index (χ1v) is 11.1. The highest BCUT2D eigenvalue weighted by Gasteiger charge is 2.36. The molecule has 1 amide bonds. The quantitative estimate of drug-likeness (QED) is 0.356. The first-order valence-electron chi connectivity index (χ1n) is 11.1. The summed E-state index contributed by atoms with van der Waals surface area (Å²) >= 11 is 0. The Morgan fingerprint density at radius 3 is 2.29 bits per heavy atom. The molecule has 9 nitrogen and oxygen atoms in total. The van der Waals surface area contributed by atoms with Gasteiger partial charge in [0.2, 0.25) is 0 Å². The molecule has 0 bridgehead atoms. The lowest BCUT2D eigenvalue weighted by Gasteiger charge is -2.37. The molecule has 0 spiro atoms. The summed E-state index contributed by atoms with van der Waals surface area (Å²) in [6.45, 7) is 6.53. The van der Waals surface area contributed by atoms with Crippen LogP contribution in [0.4, 0.5) is 24.5 Å². The van der Waals surface area contributed by atoms with Crippen molar-refractivity contribution in [1.82, 2.24) is 4.90 Å². The molecule has 3 rings (SSSR count). The summed E-state index contributed by atoms with van der Waals surface area (Å²) in [6, 6.07) is 2.42. The largest absolute Gasteiger partial charge is 0.452 e. The number of piperidine rings is 1. The van der Waals surface area contributed by atoms with E-state index in [1.165, 1.54) is 6.92 Å². The number of hydrogen-bond donors (Lipinski definition) is 0. The van der Waals surface area contributed by atoms with Crippen molar-refractivity contribution in [3.63, 3.8) is 0 Å². The molecule has 0 aliphatic carbocycles. The van der Waals surface area contributed by atoms with E-state index in [0.29, 0.717) is 32.0 Å². The van der Waals surface area contributed by atoms with Crippen LogP contribution in [0.25, 0.3) is 0 Å². The Labute approximate surface area is 194 Å². The Kier molecular flexibility index (Phi) is 7.69. The number of nitro groups is 1. The number of hydrogen-bond acceptors (Lipinski definition) is 7. The number of amides is 1. The van der Waals surface area contributed by atoms with Crippen LogP contribution in [0.15, 0.2) is 18.2 Å². The molecule has 0 radical (unpaired) electrons. The highest BCUT2D eigenvalue weighted by Crippen LogP contribution is 2.37. The minimum Gasteiger partial charge on any atom is -0.452 e. The number of ether oxygens (including phenoxy) is 2. The van der Waals surface area contributed by atoms with Crippen molar-refractivity contribution >= 4 is 23.3 Å². The Morgan fingerprint density at radius 2 is 1.76 bits per heavy atom. The number of esters is 1. The van der Waals surface area contributed by atoms with Gasteiger partial charge in [0.05, 0.1) is 28.6 Å². The van der Waals surface area contributed by atoms with Gasteiger partial charge in [0.25, 0.3) is 11.6 Å². The second-order valence-electron chi connectivity index (χ2n) is 8.80. The van der Waals surface area contributed by atoms with E-state index < -0.39 is 40.3 Å². The van der Waals surface area contributed by atoms with E-state index in [2.05, 4.69) is 0 Å². The molecule has 12 heteroatoms. The predicted octanol–water partition coefficient (Wildman–Crippen LogP) is 3.40. The maximum Gasteiger partial charge on any atom is 0.416 e. The summed E-state index contributed by atoms with van der Waals surface area (Å²) < 4.78 is 49.8. The van der Waals surface area contributed by atoms with Crippen molar-refractivity contribution in [3.05, 3.63) is 33.9 Å². The molecule has 2 saturated heterocycles. The third-order valence-electron chi connectivity index (χ3n) is 6.04.